The predicted octanol–water partition coefficient (Wildman–Crippen LogP) is 3.28. The first-order valence-corrected chi connectivity index (χ1v) is 11.4. The number of para-hydroxylation sites is 1. The van der Waals surface area contributed by atoms with E-state index in [1.165, 1.54) is 9.80 Å². The summed E-state index contributed by atoms with van der Waals surface area (Å²) in [6, 6.07) is 14.1. The van der Waals surface area contributed by atoms with Crippen LogP contribution >= 0.6 is 0 Å². The molecule has 174 valence electrons. The minimum Gasteiger partial charge on any atom is -0.507 e. The van der Waals surface area contributed by atoms with Crippen LogP contribution in [0.2, 0.25) is 0 Å². The molecule has 3 aliphatic heterocycles. The third-order valence-corrected chi connectivity index (χ3v) is 6.86. The lowest BCUT2D eigenvalue weighted by Crippen LogP contribution is -2.53. The molecule has 0 radical (unpaired) electrons. The first-order valence-electron chi connectivity index (χ1n) is 11.4. The predicted molar refractivity (Wildman–Crippen MR) is 127 cm³/mol. The molecule has 2 atom stereocenters. The molecule has 2 saturated heterocycles. The van der Waals surface area contributed by atoms with Gasteiger partial charge in [0.05, 0.1) is 17.4 Å². The van der Waals surface area contributed by atoms with Gasteiger partial charge in [-0.3, -0.25) is 14.4 Å². The van der Waals surface area contributed by atoms with E-state index in [0.29, 0.717) is 23.4 Å². The zero-order valence-electron chi connectivity index (χ0n) is 19.0. The van der Waals surface area contributed by atoms with E-state index < -0.39 is 23.1 Å². The van der Waals surface area contributed by atoms with Crippen molar-refractivity contribution in [2.75, 3.05) is 24.6 Å². The number of rotatable bonds is 5. The summed E-state index contributed by atoms with van der Waals surface area (Å²) >= 11 is 0. The molecule has 3 heterocycles. The van der Waals surface area contributed by atoms with Crippen molar-refractivity contribution in [2.24, 2.45) is 0 Å². The van der Waals surface area contributed by atoms with Gasteiger partial charge >= 0.3 is 0 Å². The van der Waals surface area contributed by atoms with Gasteiger partial charge in [0, 0.05) is 30.8 Å². The molecule has 0 aliphatic carbocycles. The molecule has 34 heavy (non-hydrogen) atoms. The van der Waals surface area contributed by atoms with Crippen LogP contribution in [-0.2, 0) is 24.7 Å². The average Bonchev–Trinajstić information content (AvgIpc) is 3.49. The molecule has 0 saturated carbocycles. The van der Waals surface area contributed by atoms with Crippen molar-refractivity contribution < 1.29 is 24.2 Å². The lowest BCUT2D eigenvalue weighted by Gasteiger charge is -2.35. The van der Waals surface area contributed by atoms with Crippen LogP contribution in [0.25, 0.3) is 5.76 Å². The highest BCUT2D eigenvalue weighted by Gasteiger charge is 2.67. The zero-order valence-corrected chi connectivity index (χ0v) is 19.0. The largest absolute Gasteiger partial charge is 0.507 e. The van der Waals surface area contributed by atoms with Crippen LogP contribution in [0.15, 0.2) is 66.8 Å². The van der Waals surface area contributed by atoms with Gasteiger partial charge in [-0.15, -0.1) is 6.58 Å². The standard InChI is InChI=1S/C27H26N2O5/c1-3-14-28-21-9-5-4-8-20(21)27(26(28)33)22(23(30)18-12-10-17(2)11-13-18)24(31)25(32)29(27)16-19-7-6-15-34-19/h3-5,8-13,19,30H,1,6-7,14-16H2,2H3/t19-,27-/m0/s1. The van der Waals surface area contributed by atoms with Crippen molar-refractivity contribution in [3.63, 3.8) is 0 Å². The Morgan fingerprint density at radius 2 is 1.91 bits per heavy atom. The summed E-state index contributed by atoms with van der Waals surface area (Å²) in [7, 11) is 0. The normalized spacial score (nSPS) is 25.4. The molecule has 7 heteroatoms. The number of hydrogen-bond acceptors (Lipinski definition) is 5. The van der Waals surface area contributed by atoms with Crippen molar-refractivity contribution in [2.45, 2.75) is 31.4 Å². The molecule has 1 spiro atoms. The van der Waals surface area contributed by atoms with Crippen LogP contribution in [0.1, 0.15) is 29.5 Å². The quantitative estimate of drug-likeness (QED) is 0.322. The smallest absolute Gasteiger partial charge is 0.296 e. The second-order valence-corrected chi connectivity index (χ2v) is 8.90. The first-order chi connectivity index (χ1) is 16.4. The number of carbonyl (C=O) groups excluding carboxylic acids is 3. The topological polar surface area (TPSA) is 87.2 Å². The number of benzene rings is 2. The summed E-state index contributed by atoms with van der Waals surface area (Å²) in [5.74, 6) is -2.51. The number of fused-ring (bicyclic) bond motifs is 2. The van der Waals surface area contributed by atoms with Crippen LogP contribution in [-0.4, -0.2) is 53.4 Å². The van der Waals surface area contributed by atoms with Gasteiger partial charge < -0.3 is 19.6 Å². The SMILES string of the molecule is C=CCN1C(=O)[C@@]2(C(=C(O)c3ccc(C)cc3)C(=O)C(=O)N2C[C@@H]2CCCO2)c2ccccc21. The van der Waals surface area contributed by atoms with Crippen LogP contribution in [0.5, 0.6) is 0 Å². The molecule has 5 rings (SSSR count). The van der Waals surface area contributed by atoms with E-state index in [1.807, 2.05) is 6.92 Å². The van der Waals surface area contributed by atoms with Crippen molar-refractivity contribution in [1.82, 2.24) is 4.90 Å². The number of likely N-dealkylation sites (tertiary alicyclic amines) is 1. The third-order valence-electron chi connectivity index (χ3n) is 6.86. The van der Waals surface area contributed by atoms with Gasteiger partial charge in [0.1, 0.15) is 5.76 Å². The van der Waals surface area contributed by atoms with Gasteiger partial charge in [-0.2, -0.15) is 0 Å². The van der Waals surface area contributed by atoms with E-state index in [4.69, 9.17) is 4.74 Å². The number of anilines is 1. The van der Waals surface area contributed by atoms with E-state index in [-0.39, 0.29) is 30.5 Å². The molecule has 7 nitrogen and oxygen atoms in total. The number of aryl methyl sites for hydroxylation is 1. The Labute approximate surface area is 197 Å². The summed E-state index contributed by atoms with van der Waals surface area (Å²) < 4.78 is 5.77. The fraction of sp³-hybridized carbons (Fsp3) is 0.296. The van der Waals surface area contributed by atoms with E-state index in [0.717, 1.165) is 18.4 Å². The number of hydrogen-bond donors (Lipinski definition) is 1. The van der Waals surface area contributed by atoms with E-state index in [1.54, 1.807) is 54.6 Å². The van der Waals surface area contributed by atoms with E-state index in [9.17, 15) is 19.5 Å². The Morgan fingerprint density at radius 1 is 1.18 bits per heavy atom. The monoisotopic (exact) mass is 458 g/mol. The van der Waals surface area contributed by atoms with Crippen molar-refractivity contribution in [3.05, 3.63) is 83.4 Å². The number of aliphatic hydroxyl groups excluding tert-OH is 1. The molecule has 3 aliphatic rings. The summed E-state index contributed by atoms with van der Waals surface area (Å²) in [6.07, 6.45) is 2.88. The van der Waals surface area contributed by atoms with Gasteiger partial charge in [-0.25, -0.2) is 0 Å². The average molecular weight is 459 g/mol. The van der Waals surface area contributed by atoms with Gasteiger partial charge in [0.2, 0.25) is 0 Å². The van der Waals surface area contributed by atoms with Crippen LogP contribution < -0.4 is 4.90 Å². The fourth-order valence-corrected chi connectivity index (χ4v) is 5.28. The summed E-state index contributed by atoms with van der Waals surface area (Å²) in [6.45, 7) is 6.52. The Kier molecular flexibility index (Phi) is 5.37. The molecule has 1 N–H and O–H groups in total. The number of ether oxygens (including phenoxy) is 1. The first kappa shape index (κ1) is 22.1. The molecule has 2 fully saturated rings. The Hall–Kier alpha value is -3.71. The van der Waals surface area contributed by atoms with Crippen molar-refractivity contribution >= 4 is 29.0 Å². The van der Waals surface area contributed by atoms with Crippen molar-refractivity contribution in [3.8, 4) is 0 Å². The number of aliphatic hydroxyl groups is 1. The lowest BCUT2D eigenvalue weighted by molar-refractivity contribution is -0.145. The molecule has 2 amide bonds. The molecule has 2 aromatic carbocycles. The number of amides is 2. The van der Waals surface area contributed by atoms with Crippen LogP contribution in [0.3, 0.4) is 0 Å². The lowest BCUT2D eigenvalue weighted by atomic mass is 9.81. The number of Topliss-reactive ketones (excluding diaryl/α,β-unsaturated/α-hetero) is 1. The highest BCUT2D eigenvalue weighted by molar-refractivity contribution is 6.50. The Morgan fingerprint density at radius 3 is 2.59 bits per heavy atom. The maximum Gasteiger partial charge on any atom is 0.296 e. The van der Waals surface area contributed by atoms with Gasteiger partial charge in [0.15, 0.2) is 5.54 Å². The number of nitrogens with zero attached hydrogens (tertiary/aromatic N) is 2. The fourth-order valence-electron chi connectivity index (χ4n) is 5.28. The molecular weight excluding hydrogens is 432 g/mol. The Balaban J connectivity index is 1.79. The Bertz CT molecular complexity index is 1230. The maximum absolute atomic E-state index is 14.2. The van der Waals surface area contributed by atoms with Crippen LogP contribution in [0, 0.1) is 6.92 Å². The van der Waals surface area contributed by atoms with Crippen LogP contribution in [0.4, 0.5) is 5.69 Å². The van der Waals surface area contributed by atoms with Crippen molar-refractivity contribution in [1.29, 1.82) is 0 Å². The summed E-state index contributed by atoms with van der Waals surface area (Å²) in [5, 5.41) is 11.4. The second-order valence-electron chi connectivity index (χ2n) is 8.90. The third kappa shape index (κ3) is 3.04. The van der Waals surface area contributed by atoms with Gasteiger partial charge in [-0.1, -0.05) is 54.1 Å². The van der Waals surface area contributed by atoms with E-state index >= 15 is 0 Å². The summed E-state index contributed by atoms with van der Waals surface area (Å²) in [5.41, 5.74) is 0.448. The number of ketones is 1. The zero-order chi connectivity index (χ0) is 24.0. The minimum absolute atomic E-state index is 0.0806. The van der Waals surface area contributed by atoms with Gasteiger partial charge in [0.25, 0.3) is 17.6 Å². The molecule has 2 aromatic rings. The minimum atomic E-state index is -1.77. The molecule has 0 aromatic heterocycles. The highest BCUT2D eigenvalue weighted by atomic mass is 16.5. The second kappa shape index (κ2) is 8.25. The molecular formula is C27H26N2O5. The molecule has 0 unspecified atom stereocenters. The van der Waals surface area contributed by atoms with E-state index in [2.05, 4.69) is 6.58 Å². The summed E-state index contributed by atoms with van der Waals surface area (Å²) in [4.78, 5) is 44.0. The van der Waals surface area contributed by atoms with Gasteiger partial charge in [-0.05, 0) is 25.8 Å². The highest BCUT2D eigenvalue weighted by Crippen LogP contribution is 2.53. The molecule has 0 bridgehead atoms. The number of carbonyl (C=O) groups is 3. The maximum atomic E-state index is 14.2.